The Kier molecular flexibility index (Phi) is 3.61. The van der Waals surface area contributed by atoms with Gasteiger partial charge in [-0.15, -0.1) is 0 Å². The van der Waals surface area contributed by atoms with E-state index in [9.17, 15) is 4.39 Å². The Bertz CT molecular complexity index is 565. The maximum atomic E-state index is 12.8. The molecule has 0 saturated heterocycles. The molecule has 1 aromatic carbocycles. The van der Waals surface area contributed by atoms with Crippen molar-refractivity contribution < 1.29 is 9.13 Å². The van der Waals surface area contributed by atoms with Gasteiger partial charge in [-0.3, -0.25) is 0 Å². The zero-order valence-corrected chi connectivity index (χ0v) is 10.1. The summed E-state index contributed by atoms with van der Waals surface area (Å²) in [6.45, 7) is 0.360. The molecular weight excluding hydrogens is 239 g/mol. The molecule has 88 valence electrons. The van der Waals surface area contributed by atoms with Crippen LogP contribution in [0.1, 0.15) is 5.82 Å². The number of aromatic nitrogens is 2. The second-order valence-electron chi connectivity index (χ2n) is 3.52. The van der Waals surface area contributed by atoms with Crippen molar-refractivity contribution in [2.75, 3.05) is 7.11 Å². The first-order chi connectivity index (χ1) is 8.19. The molecule has 0 aliphatic heterocycles. The van der Waals surface area contributed by atoms with E-state index in [-0.39, 0.29) is 5.82 Å². The number of halogens is 1. The van der Waals surface area contributed by atoms with Crippen molar-refractivity contribution in [2.24, 2.45) is 0 Å². The van der Waals surface area contributed by atoms with Crippen molar-refractivity contribution in [1.29, 1.82) is 0 Å². The highest BCUT2D eigenvalue weighted by molar-refractivity contribution is 7.71. The summed E-state index contributed by atoms with van der Waals surface area (Å²) >= 11 is 5.07. The standard InChI is InChI=1S/C12H11FN2OS/c1-16-7-11-14-10(6-12(17)15-11)8-2-4-9(13)5-3-8/h2-6H,7H2,1H3,(H,14,15,17). The molecule has 1 N–H and O–H groups in total. The zero-order valence-electron chi connectivity index (χ0n) is 9.24. The number of aromatic amines is 1. The van der Waals surface area contributed by atoms with Crippen LogP contribution in [0.5, 0.6) is 0 Å². The highest BCUT2D eigenvalue weighted by atomic mass is 32.1. The predicted octanol–water partition coefficient (Wildman–Crippen LogP) is 3.09. The summed E-state index contributed by atoms with van der Waals surface area (Å²) in [4.78, 5) is 7.22. The molecule has 2 rings (SSSR count). The molecule has 1 aromatic heterocycles. The van der Waals surface area contributed by atoms with Gasteiger partial charge in [0.25, 0.3) is 0 Å². The summed E-state index contributed by atoms with van der Waals surface area (Å²) in [6, 6.07) is 7.92. The minimum Gasteiger partial charge on any atom is -0.377 e. The van der Waals surface area contributed by atoms with Gasteiger partial charge in [0.2, 0.25) is 0 Å². The third kappa shape index (κ3) is 2.95. The number of H-pyrrole nitrogens is 1. The number of nitrogens with one attached hydrogen (secondary N) is 1. The fraction of sp³-hybridized carbons (Fsp3) is 0.167. The quantitative estimate of drug-likeness (QED) is 0.851. The molecule has 0 bridgehead atoms. The highest BCUT2D eigenvalue weighted by Crippen LogP contribution is 2.17. The van der Waals surface area contributed by atoms with Gasteiger partial charge < -0.3 is 9.72 Å². The van der Waals surface area contributed by atoms with E-state index in [1.54, 1.807) is 25.3 Å². The molecule has 0 unspecified atom stereocenters. The highest BCUT2D eigenvalue weighted by Gasteiger charge is 2.02. The van der Waals surface area contributed by atoms with E-state index < -0.39 is 0 Å². The summed E-state index contributed by atoms with van der Waals surface area (Å²) in [5.74, 6) is 0.387. The van der Waals surface area contributed by atoms with Crippen LogP contribution in [0, 0.1) is 10.5 Å². The first-order valence-electron chi connectivity index (χ1n) is 5.04. The number of rotatable bonds is 3. The molecule has 0 aliphatic rings. The van der Waals surface area contributed by atoms with Crippen molar-refractivity contribution in [3.63, 3.8) is 0 Å². The molecule has 0 atom stereocenters. The topological polar surface area (TPSA) is 37.9 Å². The van der Waals surface area contributed by atoms with E-state index >= 15 is 0 Å². The van der Waals surface area contributed by atoms with E-state index in [2.05, 4.69) is 9.97 Å². The largest absolute Gasteiger partial charge is 0.377 e. The van der Waals surface area contributed by atoms with Crippen LogP contribution in [0.2, 0.25) is 0 Å². The predicted molar refractivity (Wildman–Crippen MR) is 65.5 cm³/mol. The van der Waals surface area contributed by atoms with Gasteiger partial charge in [0.1, 0.15) is 22.9 Å². The van der Waals surface area contributed by atoms with Gasteiger partial charge in [0.15, 0.2) is 0 Å². The minimum absolute atomic E-state index is 0.265. The molecule has 0 spiro atoms. The lowest BCUT2D eigenvalue weighted by atomic mass is 10.1. The Hall–Kier alpha value is -1.59. The summed E-state index contributed by atoms with van der Waals surface area (Å²) < 4.78 is 18.3. The Balaban J connectivity index is 2.44. The van der Waals surface area contributed by atoms with Crippen LogP contribution in [0.15, 0.2) is 30.3 Å². The fourth-order valence-corrected chi connectivity index (χ4v) is 1.73. The van der Waals surface area contributed by atoms with Crippen molar-refractivity contribution >= 4 is 12.2 Å². The molecule has 0 fully saturated rings. The van der Waals surface area contributed by atoms with E-state index in [1.165, 1.54) is 12.1 Å². The Morgan fingerprint density at radius 2 is 2.06 bits per heavy atom. The molecule has 0 amide bonds. The summed E-state index contributed by atoms with van der Waals surface area (Å²) in [5.41, 5.74) is 1.66. The molecule has 0 radical (unpaired) electrons. The van der Waals surface area contributed by atoms with E-state index in [0.717, 1.165) is 11.3 Å². The third-order valence-corrected chi connectivity index (χ3v) is 2.44. The van der Waals surface area contributed by atoms with Gasteiger partial charge in [-0.25, -0.2) is 9.37 Å². The van der Waals surface area contributed by atoms with Crippen LogP contribution < -0.4 is 0 Å². The van der Waals surface area contributed by atoms with Crippen molar-refractivity contribution in [3.05, 3.63) is 46.6 Å². The second-order valence-corrected chi connectivity index (χ2v) is 3.94. The van der Waals surface area contributed by atoms with Crippen LogP contribution >= 0.6 is 12.2 Å². The van der Waals surface area contributed by atoms with E-state index in [0.29, 0.717) is 17.1 Å². The van der Waals surface area contributed by atoms with Gasteiger partial charge in [0.05, 0.1) is 0 Å². The van der Waals surface area contributed by atoms with Gasteiger partial charge >= 0.3 is 0 Å². The number of hydrogen-bond acceptors (Lipinski definition) is 3. The van der Waals surface area contributed by atoms with Crippen LogP contribution in [0.4, 0.5) is 4.39 Å². The molecule has 2 aromatic rings. The molecule has 0 aliphatic carbocycles. The maximum absolute atomic E-state index is 12.8. The Morgan fingerprint density at radius 3 is 2.71 bits per heavy atom. The van der Waals surface area contributed by atoms with Gasteiger partial charge in [-0.05, 0) is 35.9 Å². The lowest BCUT2D eigenvalue weighted by Gasteiger charge is -2.05. The van der Waals surface area contributed by atoms with E-state index in [1.807, 2.05) is 0 Å². The van der Waals surface area contributed by atoms with Crippen LogP contribution in [-0.2, 0) is 11.3 Å². The molecule has 17 heavy (non-hydrogen) atoms. The minimum atomic E-state index is -0.265. The number of hydrogen-bond donors (Lipinski definition) is 1. The zero-order chi connectivity index (χ0) is 12.3. The lowest BCUT2D eigenvalue weighted by Crippen LogP contribution is -1.98. The second kappa shape index (κ2) is 5.16. The van der Waals surface area contributed by atoms with E-state index in [4.69, 9.17) is 17.0 Å². The van der Waals surface area contributed by atoms with Gasteiger partial charge in [0, 0.05) is 12.8 Å². The maximum Gasteiger partial charge on any atom is 0.134 e. The first-order valence-corrected chi connectivity index (χ1v) is 5.45. The first kappa shape index (κ1) is 11.9. The summed E-state index contributed by atoms with van der Waals surface area (Å²) in [5, 5.41) is 0. The third-order valence-electron chi connectivity index (χ3n) is 2.23. The van der Waals surface area contributed by atoms with Crippen LogP contribution in [-0.4, -0.2) is 17.1 Å². The van der Waals surface area contributed by atoms with Crippen LogP contribution in [0.25, 0.3) is 11.3 Å². The van der Waals surface area contributed by atoms with Crippen molar-refractivity contribution in [2.45, 2.75) is 6.61 Å². The van der Waals surface area contributed by atoms with Crippen molar-refractivity contribution in [1.82, 2.24) is 9.97 Å². The fourth-order valence-electron chi connectivity index (χ4n) is 1.50. The monoisotopic (exact) mass is 250 g/mol. The summed E-state index contributed by atoms with van der Waals surface area (Å²) in [6.07, 6.45) is 0. The molecule has 3 nitrogen and oxygen atoms in total. The SMILES string of the molecule is COCc1nc(=S)cc(-c2ccc(F)cc2)[nH]1. The van der Waals surface area contributed by atoms with Crippen LogP contribution in [0.3, 0.4) is 0 Å². The number of ether oxygens (including phenoxy) is 1. The average Bonchev–Trinajstić information content (AvgIpc) is 2.29. The number of nitrogens with zero attached hydrogens (tertiary/aromatic N) is 1. The smallest absolute Gasteiger partial charge is 0.134 e. The summed E-state index contributed by atoms with van der Waals surface area (Å²) in [7, 11) is 1.59. The Morgan fingerprint density at radius 1 is 1.35 bits per heavy atom. The molecule has 0 saturated carbocycles. The van der Waals surface area contributed by atoms with Gasteiger partial charge in [-0.2, -0.15) is 0 Å². The average molecular weight is 250 g/mol. The number of methoxy groups -OCH3 is 1. The number of benzene rings is 1. The van der Waals surface area contributed by atoms with Gasteiger partial charge in [-0.1, -0.05) is 12.2 Å². The van der Waals surface area contributed by atoms with Crippen molar-refractivity contribution in [3.8, 4) is 11.3 Å². The molecule has 1 heterocycles. The molecular formula is C12H11FN2OS. The lowest BCUT2D eigenvalue weighted by molar-refractivity contribution is 0.177. The normalized spacial score (nSPS) is 10.5. The Labute approximate surface area is 103 Å². The molecule has 5 heteroatoms.